The largest absolute Gasteiger partial charge is 0.334 e. The molecule has 0 aliphatic rings. The van der Waals surface area contributed by atoms with Gasteiger partial charge < -0.3 is 5.32 Å². The van der Waals surface area contributed by atoms with Crippen molar-refractivity contribution >= 4 is 5.91 Å². The summed E-state index contributed by atoms with van der Waals surface area (Å²) >= 11 is 0. The quantitative estimate of drug-likeness (QED) is 0.921. The van der Waals surface area contributed by atoms with Gasteiger partial charge in [-0.2, -0.15) is 5.26 Å². The number of aromatic nitrogens is 1. The summed E-state index contributed by atoms with van der Waals surface area (Å²) in [5, 5.41) is 12.2. The van der Waals surface area contributed by atoms with Crippen LogP contribution in [0.3, 0.4) is 0 Å². The second-order valence-electron chi connectivity index (χ2n) is 5.57. The fourth-order valence-corrected chi connectivity index (χ4v) is 2.11. The van der Waals surface area contributed by atoms with Gasteiger partial charge >= 0.3 is 0 Å². The number of hydrogen-bond acceptors (Lipinski definition) is 3. The summed E-state index contributed by atoms with van der Waals surface area (Å²) < 4.78 is 0. The summed E-state index contributed by atoms with van der Waals surface area (Å²) in [6.07, 6.45) is 2.82. The molecule has 1 atom stereocenters. The van der Waals surface area contributed by atoms with Crippen LogP contribution in [0.2, 0.25) is 0 Å². The van der Waals surface area contributed by atoms with Crippen LogP contribution in [0.5, 0.6) is 0 Å². The molecule has 1 heterocycles. The summed E-state index contributed by atoms with van der Waals surface area (Å²) in [5.41, 5.74) is 1.56. The number of nitriles is 1. The molecule has 0 aliphatic carbocycles. The summed E-state index contributed by atoms with van der Waals surface area (Å²) in [4.78, 5) is 16.3. The fourth-order valence-electron chi connectivity index (χ4n) is 2.11. The zero-order valence-electron chi connectivity index (χ0n) is 12.8. The Morgan fingerprint density at radius 1 is 1.27 bits per heavy atom. The smallest absolute Gasteiger partial charge is 0.254 e. The van der Waals surface area contributed by atoms with Crippen LogP contribution in [-0.2, 0) is 6.42 Å². The minimum atomic E-state index is -0.905. The normalized spacial score (nSPS) is 13.0. The lowest BCUT2D eigenvalue weighted by Crippen LogP contribution is -2.45. The van der Waals surface area contributed by atoms with Crippen LogP contribution in [0.25, 0.3) is 0 Å². The number of pyridine rings is 1. The molecule has 1 N–H and O–H groups in total. The number of rotatable bonds is 5. The number of nitrogens with one attached hydrogen (secondary N) is 1. The van der Waals surface area contributed by atoms with Gasteiger partial charge in [0.05, 0.1) is 11.6 Å². The second kappa shape index (κ2) is 6.86. The van der Waals surface area contributed by atoms with Crippen molar-refractivity contribution in [1.29, 1.82) is 5.26 Å². The summed E-state index contributed by atoms with van der Waals surface area (Å²) in [7, 11) is 0. The van der Waals surface area contributed by atoms with Gasteiger partial charge in [-0.25, -0.2) is 0 Å². The van der Waals surface area contributed by atoms with Crippen LogP contribution in [-0.4, -0.2) is 16.4 Å². The maximum absolute atomic E-state index is 12.2. The van der Waals surface area contributed by atoms with Gasteiger partial charge in [-0.1, -0.05) is 30.3 Å². The third-order valence-corrected chi connectivity index (χ3v) is 3.57. The first kappa shape index (κ1) is 15.7. The molecule has 4 nitrogen and oxygen atoms in total. The highest BCUT2D eigenvalue weighted by atomic mass is 16.1. The van der Waals surface area contributed by atoms with Crippen molar-refractivity contribution in [1.82, 2.24) is 10.3 Å². The molecule has 0 saturated carbocycles. The van der Waals surface area contributed by atoms with Crippen molar-refractivity contribution < 1.29 is 4.79 Å². The van der Waals surface area contributed by atoms with E-state index in [2.05, 4.69) is 16.4 Å². The first-order valence-corrected chi connectivity index (χ1v) is 7.23. The minimum Gasteiger partial charge on any atom is -0.334 e. The molecule has 0 unspecified atom stereocenters. The standard InChI is InChI=1S/C18H19N3O/c1-14-8-9-16(12-20-14)17(22)21-18(2,13-19)11-10-15-6-4-3-5-7-15/h3-9,12H,10-11H2,1-2H3,(H,21,22)/t18-/m0/s1. The van der Waals surface area contributed by atoms with Crippen molar-refractivity contribution in [3.05, 3.63) is 65.5 Å². The molecule has 1 amide bonds. The number of carbonyl (C=O) groups excluding carboxylic acids is 1. The minimum absolute atomic E-state index is 0.274. The number of amides is 1. The second-order valence-corrected chi connectivity index (χ2v) is 5.57. The van der Waals surface area contributed by atoms with E-state index in [1.54, 1.807) is 19.1 Å². The van der Waals surface area contributed by atoms with E-state index >= 15 is 0 Å². The predicted octanol–water partition coefficient (Wildman–Crippen LogP) is 3.03. The molecule has 1 aromatic carbocycles. The van der Waals surface area contributed by atoms with Gasteiger partial charge in [0.25, 0.3) is 5.91 Å². The topological polar surface area (TPSA) is 65.8 Å². The number of carbonyl (C=O) groups is 1. The Labute approximate surface area is 130 Å². The van der Waals surface area contributed by atoms with E-state index < -0.39 is 5.54 Å². The SMILES string of the molecule is Cc1ccc(C(=O)N[C@](C)(C#N)CCc2ccccc2)cn1. The average molecular weight is 293 g/mol. The average Bonchev–Trinajstić information content (AvgIpc) is 2.54. The molecule has 112 valence electrons. The maximum Gasteiger partial charge on any atom is 0.254 e. The van der Waals surface area contributed by atoms with Crippen LogP contribution in [0, 0.1) is 18.3 Å². The highest BCUT2D eigenvalue weighted by molar-refractivity contribution is 5.94. The third kappa shape index (κ3) is 4.16. The van der Waals surface area contributed by atoms with Crippen LogP contribution >= 0.6 is 0 Å². The monoisotopic (exact) mass is 293 g/mol. The van der Waals surface area contributed by atoms with Crippen LogP contribution in [0.15, 0.2) is 48.7 Å². The number of nitrogens with zero attached hydrogens (tertiary/aromatic N) is 2. The first-order chi connectivity index (χ1) is 10.5. The summed E-state index contributed by atoms with van der Waals surface area (Å²) in [6, 6.07) is 15.6. The first-order valence-electron chi connectivity index (χ1n) is 7.23. The van der Waals surface area contributed by atoms with Gasteiger partial charge in [-0.15, -0.1) is 0 Å². The van der Waals surface area contributed by atoms with E-state index in [0.29, 0.717) is 12.0 Å². The Kier molecular flexibility index (Phi) is 4.90. The molecule has 2 rings (SSSR count). The summed E-state index contributed by atoms with van der Waals surface area (Å²) in [6.45, 7) is 3.61. The highest BCUT2D eigenvalue weighted by Gasteiger charge is 2.26. The van der Waals surface area contributed by atoms with Gasteiger partial charge in [0.15, 0.2) is 0 Å². The van der Waals surface area contributed by atoms with Crippen molar-refractivity contribution in [3.63, 3.8) is 0 Å². The van der Waals surface area contributed by atoms with Crippen molar-refractivity contribution in [2.24, 2.45) is 0 Å². The van der Waals surface area contributed by atoms with E-state index in [1.807, 2.05) is 37.3 Å². The van der Waals surface area contributed by atoms with Gasteiger partial charge in [0.2, 0.25) is 0 Å². The van der Waals surface area contributed by atoms with Crippen molar-refractivity contribution in [2.45, 2.75) is 32.2 Å². The maximum atomic E-state index is 12.2. The highest BCUT2D eigenvalue weighted by Crippen LogP contribution is 2.14. The lowest BCUT2D eigenvalue weighted by Gasteiger charge is -2.23. The van der Waals surface area contributed by atoms with Gasteiger partial charge in [0.1, 0.15) is 5.54 Å². The van der Waals surface area contributed by atoms with Gasteiger partial charge in [-0.3, -0.25) is 9.78 Å². The molecule has 0 bridgehead atoms. The Hall–Kier alpha value is -2.67. The van der Waals surface area contributed by atoms with Gasteiger partial charge in [0, 0.05) is 11.9 Å². The molecule has 0 radical (unpaired) electrons. The van der Waals surface area contributed by atoms with E-state index in [4.69, 9.17) is 0 Å². The molecule has 2 aromatic rings. The molecule has 22 heavy (non-hydrogen) atoms. The third-order valence-electron chi connectivity index (χ3n) is 3.57. The van der Waals surface area contributed by atoms with Crippen molar-refractivity contribution in [3.8, 4) is 6.07 Å². The number of aryl methyl sites for hydroxylation is 2. The van der Waals surface area contributed by atoms with Gasteiger partial charge in [-0.05, 0) is 44.4 Å². The van der Waals surface area contributed by atoms with Crippen molar-refractivity contribution in [2.75, 3.05) is 0 Å². The molecular formula is C18H19N3O. The van der Waals surface area contributed by atoms with Crippen LogP contribution in [0.1, 0.15) is 35.0 Å². The Morgan fingerprint density at radius 3 is 2.59 bits per heavy atom. The predicted molar refractivity (Wildman–Crippen MR) is 85.2 cm³/mol. The lowest BCUT2D eigenvalue weighted by atomic mass is 9.94. The summed E-state index contributed by atoms with van der Waals surface area (Å²) in [5.74, 6) is -0.274. The molecular weight excluding hydrogens is 274 g/mol. The van der Waals surface area contributed by atoms with E-state index in [-0.39, 0.29) is 5.91 Å². The molecule has 0 aliphatic heterocycles. The molecule has 4 heteroatoms. The molecule has 0 spiro atoms. The fraction of sp³-hybridized carbons (Fsp3) is 0.278. The number of benzene rings is 1. The van der Waals surface area contributed by atoms with Crippen LogP contribution < -0.4 is 5.32 Å². The molecule has 0 fully saturated rings. The Balaban J connectivity index is 2.02. The Morgan fingerprint density at radius 2 is 2.00 bits per heavy atom. The molecule has 0 saturated heterocycles. The zero-order chi connectivity index (χ0) is 16.0. The van der Waals surface area contributed by atoms with E-state index in [9.17, 15) is 10.1 Å². The molecule has 1 aromatic heterocycles. The zero-order valence-corrected chi connectivity index (χ0v) is 12.8. The van der Waals surface area contributed by atoms with E-state index in [0.717, 1.165) is 17.7 Å². The van der Waals surface area contributed by atoms with Crippen LogP contribution in [0.4, 0.5) is 0 Å². The Bertz CT molecular complexity index is 674. The van der Waals surface area contributed by atoms with E-state index in [1.165, 1.54) is 6.20 Å². The number of hydrogen-bond donors (Lipinski definition) is 1. The lowest BCUT2D eigenvalue weighted by molar-refractivity contribution is 0.0921.